The van der Waals surface area contributed by atoms with E-state index in [9.17, 15) is 4.39 Å². The Kier molecular flexibility index (Phi) is 4.93. The van der Waals surface area contributed by atoms with Gasteiger partial charge >= 0.3 is 0 Å². The minimum absolute atomic E-state index is 0.230. The molecule has 0 saturated heterocycles. The number of nitrogens with two attached hydrogens (primary N) is 1. The van der Waals surface area contributed by atoms with E-state index in [-0.39, 0.29) is 11.9 Å². The average Bonchev–Trinajstić information content (AvgIpc) is 2.26. The normalized spacial score (nSPS) is 12.4. The third-order valence-corrected chi connectivity index (χ3v) is 2.22. The molecule has 1 unspecified atom stereocenters. The first-order chi connectivity index (χ1) is 7.29. The molecule has 0 saturated carbocycles. The first-order valence-corrected chi connectivity index (χ1v) is 4.97. The summed E-state index contributed by atoms with van der Waals surface area (Å²) in [5.41, 5.74) is 2.96. The highest BCUT2D eigenvalue weighted by Crippen LogP contribution is 2.18. The molecule has 0 aliphatic rings. The van der Waals surface area contributed by atoms with Crippen LogP contribution in [0.25, 0.3) is 0 Å². The second-order valence-corrected chi connectivity index (χ2v) is 3.31. The van der Waals surface area contributed by atoms with Crippen LogP contribution in [-0.4, -0.2) is 4.98 Å². The number of allylic oxidation sites excluding steroid dienone is 1. The highest BCUT2D eigenvalue weighted by molar-refractivity contribution is 5.11. The van der Waals surface area contributed by atoms with E-state index in [4.69, 9.17) is 5.84 Å². The van der Waals surface area contributed by atoms with Crippen LogP contribution in [0.5, 0.6) is 0 Å². The van der Waals surface area contributed by atoms with Gasteiger partial charge in [-0.15, -0.1) is 6.58 Å². The zero-order valence-corrected chi connectivity index (χ0v) is 8.62. The fourth-order valence-corrected chi connectivity index (χ4v) is 1.42. The highest BCUT2D eigenvalue weighted by atomic mass is 19.1. The summed E-state index contributed by atoms with van der Waals surface area (Å²) in [6.07, 6.45) is 5.95. The lowest BCUT2D eigenvalue weighted by Crippen LogP contribution is -2.29. The first kappa shape index (κ1) is 11.8. The number of hydrogen-bond acceptors (Lipinski definition) is 3. The van der Waals surface area contributed by atoms with Crippen LogP contribution in [0.15, 0.2) is 31.0 Å². The maximum atomic E-state index is 13.4. The molecular weight excluding hydrogens is 193 g/mol. The third kappa shape index (κ3) is 3.42. The Morgan fingerprint density at radius 2 is 2.47 bits per heavy atom. The number of rotatable bonds is 6. The first-order valence-electron chi connectivity index (χ1n) is 4.97. The van der Waals surface area contributed by atoms with Crippen LogP contribution in [-0.2, 0) is 0 Å². The number of aromatic nitrogens is 1. The van der Waals surface area contributed by atoms with Crippen molar-refractivity contribution in [2.75, 3.05) is 0 Å². The lowest BCUT2D eigenvalue weighted by molar-refractivity contribution is 0.461. The minimum Gasteiger partial charge on any atom is -0.271 e. The van der Waals surface area contributed by atoms with Crippen molar-refractivity contribution in [3.05, 3.63) is 42.5 Å². The number of nitrogens with zero attached hydrogens (tertiary/aromatic N) is 1. The SMILES string of the molecule is C=CCCCC(NN)c1ncccc1F. The standard InChI is InChI=1S/C11H16FN3/c1-2-3-4-7-10(15-13)11-9(12)6-5-8-14-11/h2,5-6,8,10,15H,1,3-4,7,13H2. The predicted molar refractivity (Wildman–Crippen MR) is 58.3 cm³/mol. The Morgan fingerprint density at radius 1 is 1.67 bits per heavy atom. The van der Waals surface area contributed by atoms with Gasteiger partial charge in [0.2, 0.25) is 0 Å². The molecule has 0 aliphatic carbocycles. The zero-order chi connectivity index (χ0) is 11.1. The van der Waals surface area contributed by atoms with Crippen LogP contribution in [0, 0.1) is 5.82 Å². The van der Waals surface area contributed by atoms with Gasteiger partial charge in [-0.05, 0) is 31.4 Å². The highest BCUT2D eigenvalue weighted by Gasteiger charge is 2.14. The smallest absolute Gasteiger partial charge is 0.146 e. The number of hydrogen-bond donors (Lipinski definition) is 2. The van der Waals surface area contributed by atoms with Gasteiger partial charge in [-0.1, -0.05) is 6.08 Å². The summed E-state index contributed by atoms with van der Waals surface area (Å²) in [6, 6.07) is 2.72. The van der Waals surface area contributed by atoms with Crippen molar-refractivity contribution in [1.29, 1.82) is 0 Å². The molecule has 82 valence electrons. The van der Waals surface area contributed by atoms with E-state index < -0.39 is 0 Å². The van der Waals surface area contributed by atoms with Crippen molar-refractivity contribution in [3.8, 4) is 0 Å². The van der Waals surface area contributed by atoms with E-state index in [1.165, 1.54) is 6.07 Å². The summed E-state index contributed by atoms with van der Waals surface area (Å²) in [5, 5.41) is 0. The topological polar surface area (TPSA) is 50.9 Å². The van der Waals surface area contributed by atoms with Gasteiger partial charge in [0.1, 0.15) is 5.82 Å². The monoisotopic (exact) mass is 209 g/mol. The Hall–Kier alpha value is -1.26. The zero-order valence-electron chi connectivity index (χ0n) is 8.62. The van der Waals surface area contributed by atoms with Gasteiger partial charge in [0.05, 0.1) is 11.7 Å². The summed E-state index contributed by atoms with van der Waals surface area (Å²) in [7, 11) is 0. The molecule has 1 aromatic heterocycles. The molecule has 0 aromatic carbocycles. The Balaban J connectivity index is 2.65. The maximum absolute atomic E-state index is 13.4. The molecule has 1 rings (SSSR count). The van der Waals surface area contributed by atoms with Crippen molar-refractivity contribution in [3.63, 3.8) is 0 Å². The largest absolute Gasteiger partial charge is 0.271 e. The third-order valence-electron chi connectivity index (χ3n) is 2.22. The molecule has 1 aromatic rings. The molecule has 1 heterocycles. The number of nitrogens with one attached hydrogen (secondary N) is 1. The molecule has 4 heteroatoms. The second-order valence-electron chi connectivity index (χ2n) is 3.31. The average molecular weight is 209 g/mol. The van der Waals surface area contributed by atoms with Crippen LogP contribution in [0.2, 0.25) is 0 Å². The maximum Gasteiger partial charge on any atom is 0.146 e. The fraction of sp³-hybridized carbons (Fsp3) is 0.364. The van der Waals surface area contributed by atoms with Gasteiger partial charge in [-0.2, -0.15) is 0 Å². The Morgan fingerprint density at radius 3 is 3.07 bits per heavy atom. The molecule has 0 bridgehead atoms. The molecule has 0 amide bonds. The molecule has 0 aliphatic heterocycles. The van der Waals surface area contributed by atoms with Crippen molar-refractivity contribution in [2.24, 2.45) is 5.84 Å². The Bertz CT molecular complexity index is 314. The van der Waals surface area contributed by atoms with Crippen molar-refractivity contribution in [1.82, 2.24) is 10.4 Å². The molecule has 0 radical (unpaired) electrons. The van der Waals surface area contributed by atoms with Gasteiger partial charge in [0.25, 0.3) is 0 Å². The van der Waals surface area contributed by atoms with E-state index in [1.54, 1.807) is 12.3 Å². The van der Waals surface area contributed by atoms with Gasteiger partial charge < -0.3 is 0 Å². The van der Waals surface area contributed by atoms with Gasteiger partial charge in [0, 0.05) is 6.20 Å². The number of pyridine rings is 1. The molecule has 0 spiro atoms. The van der Waals surface area contributed by atoms with E-state index in [0.717, 1.165) is 19.3 Å². The van der Waals surface area contributed by atoms with E-state index in [2.05, 4.69) is 17.0 Å². The summed E-state index contributed by atoms with van der Waals surface area (Å²) in [4.78, 5) is 3.98. The van der Waals surface area contributed by atoms with E-state index in [0.29, 0.717) is 5.69 Å². The van der Waals surface area contributed by atoms with Crippen LogP contribution in [0.3, 0.4) is 0 Å². The molecule has 3 nitrogen and oxygen atoms in total. The van der Waals surface area contributed by atoms with Gasteiger partial charge in [-0.3, -0.25) is 16.3 Å². The van der Waals surface area contributed by atoms with Crippen LogP contribution in [0.4, 0.5) is 4.39 Å². The van der Waals surface area contributed by atoms with Gasteiger partial charge in [0.15, 0.2) is 0 Å². The summed E-state index contributed by atoms with van der Waals surface area (Å²) in [6.45, 7) is 3.63. The summed E-state index contributed by atoms with van der Waals surface area (Å²) < 4.78 is 13.4. The van der Waals surface area contributed by atoms with E-state index in [1.807, 2.05) is 6.08 Å². The lowest BCUT2D eigenvalue weighted by atomic mass is 10.1. The number of unbranched alkanes of at least 4 members (excludes halogenated alkanes) is 1. The lowest BCUT2D eigenvalue weighted by Gasteiger charge is -2.15. The Labute approximate surface area is 89.2 Å². The van der Waals surface area contributed by atoms with Crippen LogP contribution < -0.4 is 11.3 Å². The molecule has 15 heavy (non-hydrogen) atoms. The molecule has 1 atom stereocenters. The fourth-order valence-electron chi connectivity index (χ4n) is 1.42. The quantitative estimate of drug-likeness (QED) is 0.326. The molecular formula is C11H16FN3. The molecule has 3 N–H and O–H groups in total. The van der Waals surface area contributed by atoms with E-state index >= 15 is 0 Å². The number of halogens is 1. The number of hydrazine groups is 1. The predicted octanol–water partition coefficient (Wildman–Crippen LogP) is 2.08. The van der Waals surface area contributed by atoms with Gasteiger partial charge in [-0.25, -0.2) is 4.39 Å². The van der Waals surface area contributed by atoms with Crippen LogP contribution >= 0.6 is 0 Å². The summed E-state index contributed by atoms with van der Waals surface area (Å²) >= 11 is 0. The second kappa shape index (κ2) is 6.27. The minimum atomic E-state index is -0.320. The molecule has 0 fully saturated rings. The van der Waals surface area contributed by atoms with Crippen LogP contribution in [0.1, 0.15) is 31.0 Å². The summed E-state index contributed by atoms with van der Waals surface area (Å²) in [5.74, 6) is 5.05. The van der Waals surface area contributed by atoms with Crippen molar-refractivity contribution in [2.45, 2.75) is 25.3 Å². The van der Waals surface area contributed by atoms with Crippen molar-refractivity contribution >= 4 is 0 Å². The van der Waals surface area contributed by atoms with Crippen molar-refractivity contribution < 1.29 is 4.39 Å².